The van der Waals surface area contributed by atoms with Crippen molar-refractivity contribution in [3.63, 3.8) is 0 Å². The summed E-state index contributed by atoms with van der Waals surface area (Å²) in [6, 6.07) is 9.99. The number of carbonyl (C=O) groups is 1. The Labute approximate surface area is 90.3 Å². The summed E-state index contributed by atoms with van der Waals surface area (Å²) >= 11 is 0. The second kappa shape index (κ2) is 6.02. The number of carboxylic acids is 1. The fraction of sp³-hybridized carbons (Fsp3) is 0.308. The first kappa shape index (κ1) is 11.5. The van der Waals surface area contributed by atoms with Crippen LogP contribution in [0.1, 0.15) is 31.7 Å². The van der Waals surface area contributed by atoms with E-state index in [1.807, 2.05) is 30.3 Å². The van der Waals surface area contributed by atoms with E-state index in [0.717, 1.165) is 12.0 Å². The van der Waals surface area contributed by atoms with E-state index in [0.29, 0.717) is 6.42 Å². The Morgan fingerprint density at radius 3 is 2.47 bits per heavy atom. The zero-order valence-electron chi connectivity index (χ0n) is 8.94. The van der Waals surface area contributed by atoms with Gasteiger partial charge in [-0.1, -0.05) is 48.9 Å². The third-order valence-electron chi connectivity index (χ3n) is 2.28. The van der Waals surface area contributed by atoms with Crippen molar-refractivity contribution < 1.29 is 9.90 Å². The molecule has 0 saturated heterocycles. The van der Waals surface area contributed by atoms with Crippen molar-refractivity contribution in [1.82, 2.24) is 0 Å². The first-order valence-corrected chi connectivity index (χ1v) is 5.18. The lowest BCUT2D eigenvalue weighted by atomic mass is 10.0. The molecule has 80 valence electrons. The van der Waals surface area contributed by atoms with Gasteiger partial charge in [-0.25, -0.2) is 0 Å². The van der Waals surface area contributed by atoms with E-state index in [1.54, 1.807) is 0 Å². The highest BCUT2D eigenvalue weighted by molar-refractivity contribution is 5.67. The molecular formula is C13H16O2. The van der Waals surface area contributed by atoms with Crippen LogP contribution >= 0.6 is 0 Å². The smallest absolute Gasteiger partial charge is 0.303 e. The molecule has 0 aromatic heterocycles. The lowest BCUT2D eigenvalue weighted by molar-refractivity contribution is -0.136. The zero-order valence-corrected chi connectivity index (χ0v) is 8.94. The van der Waals surface area contributed by atoms with Gasteiger partial charge in [0.05, 0.1) is 0 Å². The van der Waals surface area contributed by atoms with Crippen LogP contribution in [0.25, 0.3) is 6.08 Å². The van der Waals surface area contributed by atoms with Crippen LogP contribution < -0.4 is 0 Å². The van der Waals surface area contributed by atoms with Gasteiger partial charge in [-0.3, -0.25) is 4.79 Å². The van der Waals surface area contributed by atoms with Gasteiger partial charge in [0.2, 0.25) is 0 Å². The molecule has 0 atom stereocenters. The van der Waals surface area contributed by atoms with Crippen LogP contribution in [0, 0.1) is 0 Å². The molecule has 1 aromatic carbocycles. The molecule has 0 unspecified atom stereocenters. The first-order chi connectivity index (χ1) is 7.22. The van der Waals surface area contributed by atoms with Crippen molar-refractivity contribution in [2.45, 2.75) is 26.2 Å². The van der Waals surface area contributed by atoms with Gasteiger partial charge in [-0.2, -0.15) is 0 Å². The van der Waals surface area contributed by atoms with Gasteiger partial charge in [0.1, 0.15) is 0 Å². The molecule has 0 radical (unpaired) electrons. The molecule has 0 saturated carbocycles. The van der Waals surface area contributed by atoms with E-state index >= 15 is 0 Å². The van der Waals surface area contributed by atoms with Gasteiger partial charge in [0, 0.05) is 6.42 Å². The van der Waals surface area contributed by atoms with E-state index in [4.69, 9.17) is 5.11 Å². The van der Waals surface area contributed by atoms with Gasteiger partial charge in [-0.05, 0) is 18.4 Å². The largest absolute Gasteiger partial charge is 0.481 e. The highest BCUT2D eigenvalue weighted by Gasteiger charge is 2.00. The predicted octanol–water partition coefficient (Wildman–Crippen LogP) is 3.34. The van der Waals surface area contributed by atoms with Crippen LogP contribution in [0.2, 0.25) is 0 Å². The Bertz CT molecular complexity index is 339. The molecule has 0 fully saturated rings. The van der Waals surface area contributed by atoms with Gasteiger partial charge < -0.3 is 5.11 Å². The number of aliphatic carboxylic acids is 1. The van der Waals surface area contributed by atoms with Crippen LogP contribution in [0.3, 0.4) is 0 Å². The molecule has 15 heavy (non-hydrogen) atoms. The van der Waals surface area contributed by atoms with Crippen LogP contribution in [-0.2, 0) is 4.79 Å². The molecule has 0 spiro atoms. The maximum Gasteiger partial charge on any atom is 0.303 e. The maximum atomic E-state index is 10.4. The summed E-state index contributed by atoms with van der Waals surface area (Å²) in [4.78, 5) is 10.4. The number of hydrogen-bond donors (Lipinski definition) is 1. The maximum absolute atomic E-state index is 10.4. The van der Waals surface area contributed by atoms with Crippen molar-refractivity contribution in [1.29, 1.82) is 0 Å². The highest BCUT2D eigenvalue weighted by atomic mass is 16.4. The average molecular weight is 204 g/mol. The van der Waals surface area contributed by atoms with Gasteiger partial charge in [-0.15, -0.1) is 0 Å². The van der Waals surface area contributed by atoms with E-state index in [9.17, 15) is 4.79 Å². The summed E-state index contributed by atoms with van der Waals surface area (Å²) in [6.07, 6.45) is 3.83. The monoisotopic (exact) mass is 204 g/mol. The zero-order chi connectivity index (χ0) is 11.1. The molecule has 0 aliphatic heterocycles. The van der Waals surface area contributed by atoms with E-state index in [2.05, 4.69) is 13.0 Å². The van der Waals surface area contributed by atoms with Crippen LogP contribution in [0.4, 0.5) is 0 Å². The van der Waals surface area contributed by atoms with Crippen LogP contribution in [0.15, 0.2) is 35.9 Å². The molecule has 2 heteroatoms. The lowest BCUT2D eigenvalue weighted by Crippen LogP contribution is -1.95. The second-order valence-corrected chi connectivity index (χ2v) is 3.46. The quantitative estimate of drug-likeness (QED) is 0.798. The van der Waals surface area contributed by atoms with Crippen molar-refractivity contribution in [2.24, 2.45) is 0 Å². The highest BCUT2D eigenvalue weighted by Crippen LogP contribution is 2.14. The van der Waals surface area contributed by atoms with Crippen LogP contribution in [-0.4, -0.2) is 11.1 Å². The molecule has 0 amide bonds. The van der Waals surface area contributed by atoms with E-state index in [1.165, 1.54) is 5.57 Å². The minimum atomic E-state index is -0.734. The third kappa shape index (κ3) is 4.45. The molecule has 1 N–H and O–H groups in total. The summed E-state index contributed by atoms with van der Waals surface area (Å²) in [6.45, 7) is 2.05. The molecule has 1 aromatic rings. The fourth-order valence-electron chi connectivity index (χ4n) is 1.40. The Morgan fingerprint density at radius 2 is 1.93 bits per heavy atom. The Morgan fingerprint density at radius 1 is 1.27 bits per heavy atom. The molecule has 0 aliphatic carbocycles. The van der Waals surface area contributed by atoms with Crippen molar-refractivity contribution in [2.75, 3.05) is 0 Å². The summed E-state index contributed by atoms with van der Waals surface area (Å²) in [5.41, 5.74) is 2.32. The molecule has 2 nitrogen and oxygen atoms in total. The number of carboxylic acid groups (broad SMARTS) is 1. The lowest BCUT2D eigenvalue weighted by Gasteiger charge is -2.02. The standard InChI is InChI=1S/C13H16O2/c1-2-11(8-9-13(14)15)10-12-6-4-3-5-7-12/h3-7,10H,2,8-9H2,1H3,(H,14,15). The van der Waals surface area contributed by atoms with Crippen molar-refractivity contribution in [3.8, 4) is 0 Å². The second-order valence-electron chi connectivity index (χ2n) is 3.46. The van der Waals surface area contributed by atoms with Gasteiger partial charge >= 0.3 is 5.97 Å². The SMILES string of the molecule is CCC(=Cc1ccccc1)CCC(=O)O. The molecular weight excluding hydrogens is 188 g/mol. The minimum absolute atomic E-state index is 0.215. The Hall–Kier alpha value is -1.57. The number of benzene rings is 1. The van der Waals surface area contributed by atoms with E-state index < -0.39 is 5.97 Å². The Balaban J connectivity index is 2.65. The fourth-order valence-corrected chi connectivity index (χ4v) is 1.40. The summed E-state index contributed by atoms with van der Waals surface area (Å²) in [5.74, 6) is -0.734. The topological polar surface area (TPSA) is 37.3 Å². The van der Waals surface area contributed by atoms with Crippen LogP contribution in [0.5, 0.6) is 0 Å². The summed E-state index contributed by atoms with van der Waals surface area (Å²) in [7, 11) is 0. The normalized spacial score (nSPS) is 11.4. The molecule has 0 bridgehead atoms. The average Bonchev–Trinajstić information content (AvgIpc) is 2.25. The first-order valence-electron chi connectivity index (χ1n) is 5.18. The van der Waals surface area contributed by atoms with Crippen molar-refractivity contribution in [3.05, 3.63) is 41.5 Å². The molecule has 0 aliphatic rings. The van der Waals surface area contributed by atoms with Gasteiger partial charge in [0.25, 0.3) is 0 Å². The summed E-state index contributed by atoms with van der Waals surface area (Å²) in [5, 5.41) is 8.60. The molecule has 0 heterocycles. The Kier molecular flexibility index (Phi) is 4.61. The van der Waals surface area contributed by atoms with Gasteiger partial charge in [0.15, 0.2) is 0 Å². The summed E-state index contributed by atoms with van der Waals surface area (Å²) < 4.78 is 0. The number of allylic oxidation sites excluding steroid dienone is 1. The predicted molar refractivity (Wildman–Crippen MR) is 61.6 cm³/mol. The van der Waals surface area contributed by atoms with E-state index in [-0.39, 0.29) is 6.42 Å². The third-order valence-corrected chi connectivity index (χ3v) is 2.28. The minimum Gasteiger partial charge on any atom is -0.481 e. The van der Waals surface area contributed by atoms with Crippen molar-refractivity contribution >= 4 is 12.0 Å². The molecule has 1 rings (SSSR count). The number of rotatable bonds is 5. The number of hydrogen-bond acceptors (Lipinski definition) is 1.